The highest BCUT2D eigenvalue weighted by atomic mass is 16.5. The van der Waals surface area contributed by atoms with E-state index < -0.39 is 6.04 Å². The third-order valence-corrected chi connectivity index (χ3v) is 3.24. The maximum Gasteiger partial charge on any atom is 0.140 e. The highest BCUT2D eigenvalue weighted by Crippen LogP contribution is 2.16. The lowest BCUT2D eigenvalue weighted by Crippen LogP contribution is -2.25. The molecule has 0 saturated carbocycles. The van der Waals surface area contributed by atoms with Crippen molar-refractivity contribution in [2.24, 2.45) is 5.18 Å². The molecule has 0 fully saturated rings. The number of rotatable bonds is 10. The summed E-state index contributed by atoms with van der Waals surface area (Å²) in [7, 11) is 0. The van der Waals surface area contributed by atoms with Crippen molar-refractivity contribution in [3.8, 4) is 0 Å². The molecule has 0 spiro atoms. The average Bonchev–Trinajstić information content (AvgIpc) is 2.48. The van der Waals surface area contributed by atoms with E-state index in [1.807, 2.05) is 30.3 Å². The van der Waals surface area contributed by atoms with Crippen molar-refractivity contribution in [1.82, 2.24) is 4.90 Å². The van der Waals surface area contributed by atoms with Gasteiger partial charge in [0.05, 0.1) is 6.61 Å². The van der Waals surface area contributed by atoms with Gasteiger partial charge in [0.1, 0.15) is 6.04 Å². The molecule has 0 aliphatic rings. The lowest BCUT2D eigenvalue weighted by atomic mass is 10.1. The summed E-state index contributed by atoms with van der Waals surface area (Å²) in [6.45, 7) is 8.54. The van der Waals surface area contributed by atoms with E-state index in [1.165, 1.54) is 0 Å². The second kappa shape index (κ2) is 9.64. The highest BCUT2D eigenvalue weighted by molar-refractivity contribution is 5.18. The first-order chi connectivity index (χ1) is 9.31. The largest absolute Gasteiger partial charge is 0.379 e. The molecular formula is C15H24N2O2. The van der Waals surface area contributed by atoms with Crippen LogP contribution in [-0.2, 0) is 4.74 Å². The normalized spacial score (nSPS) is 12.6. The van der Waals surface area contributed by atoms with E-state index in [0.717, 1.165) is 31.6 Å². The van der Waals surface area contributed by atoms with Crippen LogP contribution >= 0.6 is 0 Å². The quantitative estimate of drug-likeness (QED) is 0.481. The molecule has 0 aromatic heterocycles. The van der Waals surface area contributed by atoms with Crippen molar-refractivity contribution in [2.75, 3.05) is 32.8 Å². The molecule has 0 saturated heterocycles. The van der Waals surface area contributed by atoms with Crippen molar-refractivity contribution in [2.45, 2.75) is 26.3 Å². The summed E-state index contributed by atoms with van der Waals surface area (Å²) in [5.74, 6) is 0. The fourth-order valence-corrected chi connectivity index (χ4v) is 1.99. The van der Waals surface area contributed by atoms with E-state index in [4.69, 9.17) is 4.74 Å². The van der Waals surface area contributed by atoms with Gasteiger partial charge in [-0.1, -0.05) is 49.4 Å². The molecule has 1 rings (SSSR count). The zero-order chi connectivity index (χ0) is 13.9. The van der Waals surface area contributed by atoms with Crippen LogP contribution in [-0.4, -0.2) is 37.7 Å². The van der Waals surface area contributed by atoms with E-state index in [0.29, 0.717) is 13.2 Å². The van der Waals surface area contributed by atoms with Crippen LogP contribution in [0.25, 0.3) is 0 Å². The first kappa shape index (κ1) is 15.8. The first-order valence-electron chi connectivity index (χ1n) is 6.99. The molecule has 1 atom stereocenters. The van der Waals surface area contributed by atoms with E-state index in [1.54, 1.807) is 0 Å². The van der Waals surface area contributed by atoms with Crippen LogP contribution in [0.4, 0.5) is 0 Å². The standard InChI is InChI=1S/C15H24N2O2/c1-3-17(4-2)11-8-12-19-13-15(16-18)14-9-6-5-7-10-14/h5-7,9-10,15H,3-4,8,11-13H2,1-2H3. The number of ether oxygens (including phenoxy) is 1. The maximum absolute atomic E-state index is 10.8. The lowest BCUT2D eigenvalue weighted by Gasteiger charge is -2.17. The molecule has 4 nitrogen and oxygen atoms in total. The minimum absolute atomic E-state index is 0.367. The Bertz CT molecular complexity index is 339. The van der Waals surface area contributed by atoms with Crippen LogP contribution in [0.3, 0.4) is 0 Å². The van der Waals surface area contributed by atoms with Gasteiger partial charge in [0.2, 0.25) is 0 Å². The summed E-state index contributed by atoms with van der Waals surface area (Å²) in [4.78, 5) is 13.2. The number of benzene rings is 1. The average molecular weight is 264 g/mol. The molecule has 0 bridgehead atoms. The molecular weight excluding hydrogens is 240 g/mol. The maximum atomic E-state index is 10.8. The Morgan fingerprint density at radius 3 is 2.47 bits per heavy atom. The van der Waals surface area contributed by atoms with Gasteiger partial charge < -0.3 is 9.64 Å². The molecule has 0 aliphatic carbocycles. The first-order valence-corrected chi connectivity index (χ1v) is 6.99. The van der Waals surface area contributed by atoms with Crippen molar-refractivity contribution >= 4 is 0 Å². The van der Waals surface area contributed by atoms with E-state index >= 15 is 0 Å². The zero-order valence-electron chi connectivity index (χ0n) is 11.9. The van der Waals surface area contributed by atoms with Gasteiger partial charge in [0, 0.05) is 13.2 Å². The predicted molar refractivity (Wildman–Crippen MR) is 78.2 cm³/mol. The highest BCUT2D eigenvalue weighted by Gasteiger charge is 2.11. The Morgan fingerprint density at radius 2 is 1.89 bits per heavy atom. The molecule has 4 heteroatoms. The molecule has 0 aliphatic heterocycles. The van der Waals surface area contributed by atoms with Crippen molar-refractivity contribution < 1.29 is 4.74 Å². The molecule has 1 aromatic rings. The lowest BCUT2D eigenvalue weighted by molar-refractivity contribution is 0.110. The summed E-state index contributed by atoms with van der Waals surface area (Å²) in [5.41, 5.74) is 0.918. The fourth-order valence-electron chi connectivity index (χ4n) is 1.99. The van der Waals surface area contributed by atoms with Gasteiger partial charge in [-0.2, -0.15) is 4.91 Å². The summed E-state index contributed by atoms with van der Waals surface area (Å²) in [5, 5.41) is 3.14. The summed E-state index contributed by atoms with van der Waals surface area (Å²) < 4.78 is 5.56. The van der Waals surface area contributed by atoms with Crippen LogP contribution in [0, 0.1) is 4.91 Å². The molecule has 1 unspecified atom stereocenters. The van der Waals surface area contributed by atoms with E-state index in [2.05, 4.69) is 23.9 Å². The number of hydrogen-bond donors (Lipinski definition) is 0. The topological polar surface area (TPSA) is 41.9 Å². The van der Waals surface area contributed by atoms with Crippen molar-refractivity contribution in [1.29, 1.82) is 0 Å². The van der Waals surface area contributed by atoms with E-state index in [9.17, 15) is 4.91 Å². The monoisotopic (exact) mass is 264 g/mol. The second-order valence-electron chi connectivity index (χ2n) is 4.49. The smallest absolute Gasteiger partial charge is 0.140 e. The summed E-state index contributed by atoms with van der Waals surface area (Å²) in [6.07, 6.45) is 0.988. The molecule has 0 N–H and O–H groups in total. The Labute approximate surface area is 115 Å². The Hall–Kier alpha value is -1.26. The summed E-state index contributed by atoms with van der Waals surface area (Å²) in [6, 6.07) is 9.17. The minimum Gasteiger partial charge on any atom is -0.379 e. The van der Waals surface area contributed by atoms with Gasteiger partial charge in [-0.05, 0) is 25.1 Å². The van der Waals surface area contributed by atoms with Crippen LogP contribution < -0.4 is 0 Å². The minimum atomic E-state index is -0.394. The SMILES string of the molecule is CCN(CC)CCCOCC(N=O)c1ccccc1. The fraction of sp³-hybridized carbons (Fsp3) is 0.600. The summed E-state index contributed by atoms with van der Waals surface area (Å²) >= 11 is 0. The van der Waals surface area contributed by atoms with Crippen LogP contribution in [0.15, 0.2) is 35.5 Å². The van der Waals surface area contributed by atoms with Gasteiger partial charge >= 0.3 is 0 Å². The Balaban J connectivity index is 2.22. The van der Waals surface area contributed by atoms with Gasteiger partial charge in [-0.3, -0.25) is 0 Å². The third kappa shape index (κ3) is 5.94. The predicted octanol–water partition coefficient (Wildman–Crippen LogP) is 3.24. The Kier molecular flexibility index (Phi) is 8.02. The second-order valence-corrected chi connectivity index (χ2v) is 4.49. The van der Waals surface area contributed by atoms with Gasteiger partial charge in [0.25, 0.3) is 0 Å². The van der Waals surface area contributed by atoms with E-state index in [-0.39, 0.29) is 0 Å². The number of nitroso groups, excluding NO2 is 1. The number of hydrogen-bond acceptors (Lipinski definition) is 4. The molecule has 1 aromatic carbocycles. The molecule has 0 radical (unpaired) electrons. The van der Waals surface area contributed by atoms with Gasteiger partial charge in [0.15, 0.2) is 0 Å². The number of nitrogens with zero attached hydrogens (tertiary/aromatic N) is 2. The molecule has 19 heavy (non-hydrogen) atoms. The van der Waals surface area contributed by atoms with Crippen molar-refractivity contribution in [3.63, 3.8) is 0 Å². The molecule has 0 heterocycles. The van der Waals surface area contributed by atoms with Crippen LogP contribution in [0.1, 0.15) is 31.9 Å². The van der Waals surface area contributed by atoms with Gasteiger partial charge in [-0.25, -0.2) is 0 Å². The third-order valence-electron chi connectivity index (χ3n) is 3.24. The molecule has 106 valence electrons. The Morgan fingerprint density at radius 1 is 1.21 bits per heavy atom. The van der Waals surface area contributed by atoms with Gasteiger partial charge in [-0.15, -0.1) is 0 Å². The zero-order valence-corrected chi connectivity index (χ0v) is 11.9. The van der Waals surface area contributed by atoms with Crippen LogP contribution in [0.5, 0.6) is 0 Å². The van der Waals surface area contributed by atoms with Crippen molar-refractivity contribution in [3.05, 3.63) is 40.8 Å². The molecule has 0 amide bonds. The van der Waals surface area contributed by atoms with Crippen LogP contribution in [0.2, 0.25) is 0 Å².